The average Bonchev–Trinajstić information content (AvgIpc) is 2.81. The fourth-order valence-electron chi connectivity index (χ4n) is 4.13. The summed E-state index contributed by atoms with van der Waals surface area (Å²) in [5.41, 5.74) is 3.25. The summed E-state index contributed by atoms with van der Waals surface area (Å²) in [7, 11) is 0.0293. The van der Waals surface area contributed by atoms with Gasteiger partial charge in [0.25, 0.3) is 5.91 Å². The van der Waals surface area contributed by atoms with E-state index in [-0.39, 0.29) is 11.6 Å². The van der Waals surface area contributed by atoms with Gasteiger partial charge in [0.1, 0.15) is 23.2 Å². The van der Waals surface area contributed by atoms with Gasteiger partial charge >= 0.3 is 0 Å². The highest BCUT2D eigenvalue weighted by molar-refractivity contribution is 7.82. The Bertz CT molecular complexity index is 1270. The summed E-state index contributed by atoms with van der Waals surface area (Å²) < 4.78 is 27.3. The SMILES string of the molecule is CCC1Cc2cc(OCc3ccccc3)c(OC)cc2-c2cc(=O)c(C(=O)NS(C)=O)cn21. The van der Waals surface area contributed by atoms with Crippen molar-refractivity contribution in [1.29, 1.82) is 0 Å². The first-order chi connectivity index (χ1) is 15.9. The zero-order valence-electron chi connectivity index (χ0n) is 18.8. The third-order valence-electron chi connectivity index (χ3n) is 5.78. The van der Waals surface area contributed by atoms with Crippen LogP contribution >= 0.6 is 0 Å². The van der Waals surface area contributed by atoms with E-state index >= 15 is 0 Å². The number of amides is 1. The van der Waals surface area contributed by atoms with Gasteiger partial charge in [-0.1, -0.05) is 37.3 Å². The van der Waals surface area contributed by atoms with Gasteiger partial charge in [0.05, 0.1) is 12.8 Å². The van der Waals surface area contributed by atoms with Gasteiger partial charge in [-0.3, -0.25) is 14.3 Å². The number of fused-ring (bicyclic) bond motifs is 3. The first-order valence-electron chi connectivity index (χ1n) is 10.7. The van der Waals surface area contributed by atoms with E-state index in [9.17, 15) is 13.8 Å². The summed E-state index contributed by atoms with van der Waals surface area (Å²) in [6.45, 7) is 2.48. The molecule has 0 spiro atoms. The van der Waals surface area contributed by atoms with Crippen LogP contribution in [0.25, 0.3) is 11.3 Å². The molecule has 0 aliphatic carbocycles. The molecular weight excluding hydrogens is 440 g/mol. The minimum absolute atomic E-state index is 0.0226. The molecule has 2 aromatic carbocycles. The molecule has 2 unspecified atom stereocenters. The number of methoxy groups -OCH3 is 1. The third kappa shape index (κ3) is 4.71. The van der Waals surface area contributed by atoms with Crippen LogP contribution in [0.4, 0.5) is 0 Å². The minimum atomic E-state index is -1.55. The van der Waals surface area contributed by atoms with Gasteiger partial charge in [-0.15, -0.1) is 0 Å². The maximum absolute atomic E-state index is 12.8. The van der Waals surface area contributed by atoms with Gasteiger partial charge in [0.2, 0.25) is 0 Å². The number of hydrogen-bond acceptors (Lipinski definition) is 5. The highest BCUT2D eigenvalue weighted by Crippen LogP contribution is 2.41. The zero-order valence-corrected chi connectivity index (χ0v) is 19.6. The number of nitrogens with zero attached hydrogens (tertiary/aromatic N) is 1. The maximum Gasteiger partial charge on any atom is 0.268 e. The number of carbonyl (C=O) groups is 1. The normalized spacial score (nSPS) is 15.2. The van der Waals surface area contributed by atoms with E-state index in [1.807, 2.05) is 47.0 Å². The Morgan fingerprint density at radius 2 is 1.94 bits per heavy atom. The van der Waals surface area contributed by atoms with Crippen LogP contribution in [0.5, 0.6) is 11.5 Å². The van der Waals surface area contributed by atoms with Crippen LogP contribution in [0.2, 0.25) is 0 Å². The van der Waals surface area contributed by atoms with Gasteiger partial charge in [0.15, 0.2) is 16.9 Å². The zero-order chi connectivity index (χ0) is 23.5. The fourth-order valence-corrected chi connectivity index (χ4v) is 4.50. The molecule has 0 saturated heterocycles. The summed E-state index contributed by atoms with van der Waals surface area (Å²) in [6.07, 6.45) is 4.45. The number of benzene rings is 2. The first-order valence-corrected chi connectivity index (χ1v) is 12.3. The van der Waals surface area contributed by atoms with Crippen molar-refractivity contribution in [2.45, 2.75) is 32.4 Å². The Hall–Kier alpha value is -3.39. The molecule has 1 amide bonds. The number of ether oxygens (including phenoxy) is 2. The lowest BCUT2D eigenvalue weighted by Gasteiger charge is -2.31. The Morgan fingerprint density at radius 3 is 2.61 bits per heavy atom. The molecule has 0 radical (unpaired) electrons. The second kappa shape index (κ2) is 9.62. The van der Waals surface area contributed by atoms with E-state index < -0.39 is 22.3 Å². The van der Waals surface area contributed by atoms with Crippen molar-refractivity contribution < 1.29 is 18.5 Å². The highest BCUT2D eigenvalue weighted by atomic mass is 32.2. The molecule has 1 aliphatic heterocycles. The standard InChI is InChI=1S/C25H26N2O5S/c1-4-18-10-17-11-24(32-15-16-8-6-5-7-9-16)23(31-2)12-19(17)21-13-22(28)20(14-27(18)21)25(29)26-33(3)30/h5-9,11-14,18H,4,10,15H2,1-3H3,(H,26,29). The van der Waals surface area contributed by atoms with Crippen LogP contribution in [-0.2, 0) is 24.0 Å². The molecule has 33 heavy (non-hydrogen) atoms. The van der Waals surface area contributed by atoms with Gasteiger partial charge in [-0.25, -0.2) is 4.21 Å². The van der Waals surface area contributed by atoms with Crippen molar-refractivity contribution in [2.24, 2.45) is 0 Å². The molecule has 0 saturated carbocycles. The Kier molecular flexibility index (Phi) is 6.65. The summed E-state index contributed by atoms with van der Waals surface area (Å²) in [5.74, 6) is 0.577. The summed E-state index contributed by atoms with van der Waals surface area (Å²) in [6, 6.07) is 15.3. The van der Waals surface area contributed by atoms with Crippen molar-refractivity contribution in [3.05, 3.63) is 81.6 Å². The molecule has 4 rings (SSSR count). The van der Waals surface area contributed by atoms with Crippen molar-refractivity contribution in [3.8, 4) is 22.8 Å². The number of aromatic nitrogens is 1. The maximum atomic E-state index is 12.8. The molecule has 2 heterocycles. The van der Waals surface area contributed by atoms with Crippen LogP contribution < -0.4 is 19.6 Å². The van der Waals surface area contributed by atoms with E-state index in [1.54, 1.807) is 13.3 Å². The van der Waals surface area contributed by atoms with E-state index in [1.165, 1.54) is 12.3 Å². The molecule has 1 aromatic heterocycles. The number of rotatable bonds is 7. The lowest BCUT2D eigenvalue weighted by atomic mass is 9.90. The molecule has 172 valence electrons. The van der Waals surface area contributed by atoms with E-state index in [2.05, 4.69) is 11.6 Å². The molecule has 2 atom stereocenters. The molecular formula is C25H26N2O5S. The van der Waals surface area contributed by atoms with Crippen LogP contribution in [0, 0.1) is 0 Å². The third-order valence-corrected chi connectivity index (χ3v) is 6.26. The monoisotopic (exact) mass is 466 g/mol. The number of pyridine rings is 1. The topological polar surface area (TPSA) is 86.6 Å². The van der Waals surface area contributed by atoms with E-state index in [4.69, 9.17) is 9.47 Å². The van der Waals surface area contributed by atoms with Gasteiger partial charge in [-0.05, 0) is 36.1 Å². The molecule has 0 fully saturated rings. The smallest absolute Gasteiger partial charge is 0.268 e. The summed E-state index contributed by atoms with van der Waals surface area (Å²) >= 11 is 0. The molecule has 8 heteroatoms. The van der Waals surface area contributed by atoms with Crippen LogP contribution in [0.15, 0.2) is 59.5 Å². The second-order valence-corrected chi connectivity index (χ2v) is 9.04. The number of carbonyl (C=O) groups excluding carboxylic acids is 1. The van der Waals surface area contributed by atoms with Crippen LogP contribution in [0.3, 0.4) is 0 Å². The Labute approximate surface area is 194 Å². The highest BCUT2D eigenvalue weighted by Gasteiger charge is 2.27. The number of hydrogen-bond donors (Lipinski definition) is 1. The van der Waals surface area contributed by atoms with Gasteiger partial charge in [0, 0.05) is 30.1 Å². The van der Waals surface area contributed by atoms with Crippen molar-refractivity contribution in [1.82, 2.24) is 9.29 Å². The van der Waals surface area contributed by atoms with Crippen LogP contribution in [0.1, 0.15) is 40.9 Å². The second-order valence-electron chi connectivity index (χ2n) is 7.93. The fraction of sp³-hybridized carbons (Fsp3) is 0.280. The molecule has 0 bridgehead atoms. The van der Waals surface area contributed by atoms with Crippen molar-refractivity contribution in [3.63, 3.8) is 0 Å². The average molecular weight is 467 g/mol. The lowest BCUT2D eigenvalue weighted by molar-refractivity contribution is 0.0981. The largest absolute Gasteiger partial charge is 0.493 e. The van der Waals surface area contributed by atoms with Gasteiger partial charge < -0.3 is 14.0 Å². The van der Waals surface area contributed by atoms with E-state index in [0.717, 1.165) is 28.8 Å². The lowest BCUT2D eigenvalue weighted by Crippen LogP contribution is -2.32. The molecule has 7 nitrogen and oxygen atoms in total. The first kappa shape index (κ1) is 22.8. The van der Waals surface area contributed by atoms with Crippen molar-refractivity contribution in [2.75, 3.05) is 13.4 Å². The number of nitrogens with one attached hydrogen (secondary N) is 1. The molecule has 3 aromatic rings. The minimum Gasteiger partial charge on any atom is -0.493 e. The predicted molar refractivity (Wildman–Crippen MR) is 128 cm³/mol. The molecule has 1 N–H and O–H groups in total. The summed E-state index contributed by atoms with van der Waals surface area (Å²) in [4.78, 5) is 25.2. The summed E-state index contributed by atoms with van der Waals surface area (Å²) in [5, 5.41) is 0. The van der Waals surface area contributed by atoms with Crippen molar-refractivity contribution >= 4 is 16.9 Å². The predicted octanol–water partition coefficient (Wildman–Crippen LogP) is 3.63. The Morgan fingerprint density at radius 1 is 1.18 bits per heavy atom. The Balaban J connectivity index is 1.75. The molecule has 1 aliphatic rings. The van der Waals surface area contributed by atoms with Gasteiger partial charge in [-0.2, -0.15) is 0 Å². The quantitative estimate of drug-likeness (QED) is 0.575. The van der Waals surface area contributed by atoms with Crippen LogP contribution in [-0.4, -0.2) is 28.0 Å². The van der Waals surface area contributed by atoms with E-state index in [0.29, 0.717) is 24.5 Å².